The van der Waals surface area contributed by atoms with E-state index in [-0.39, 0.29) is 17.3 Å². The summed E-state index contributed by atoms with van der Waals surface area (Å²) >= 11 is 0. The fraction of sp³-hybridized carbons (Fsp3) is 1.00. The first-order valence-corrected chi connectivity index (χ1v) is 9.55. The number of sulfone groups is 1. The lowest BCUT2D eigenvalue weighted by atomic mass is 9.85. The molecule has 2 atom stereocenters. The lowest BCUT2D eigenvalue weighted by Crippen LogP contribution is -2.58. The molecular weight excluding hydrogens is 260 g/mol. The highest BCUT2D eigenvalue weighted by Gasteiger charge is 2.39. The first-order valence-electron chi connectivity index (χ1n) is 7.49. The third kappa shape index (κ3) is 4.72. The van der Waals surface area contributed by atoms with Crippen LogP contribution in [0.2, 0.25) is 0 Å². The van der Waals surface area contributed by atoms with Crippen LogP contribution in [0.1, 0.15) is 46.5 Å². The van der Waals surface area contributed by atoms with E-state index < -0.39 is 9.84 Å². The van der Waals surface area contributed by atoms with Crippen molar-refractivity contribution in [1.29, 1.82) is 0 Å². The molecule has 19 heavy (non-hydrogen) atoms. The monoisotopic (exact) mass is 290 g/mol. The molecule has 0 spiro atoms. The number of rotatable bonds is 8. The Balaban J connectivity index is 2.80. The quantitative estimate of drug-likeness (QED) is 0.739. The highest BCUT2D eigenvalue weighted by atomic mass is 32.2. The smallest absolute Gasteiger partial charge is 0.147 e. The molecule has 4 nitrogen and oxygen atoms in total. The Morgan fingerprint density at radius 3 is 2.26 bits per heavy atom. The van der Waals surface area contributed by atoms with Gasteiger partial charge in [0, 0.05) is 17.8 Å². The molecule has 0 bridgehead atoms. The van der Waals surface area contributed by atoms with Gasteiger partial charge in [-0.2, -0.15) is 0 Å². The Morgan fingerprint density at radius 2 is 1.84 bits per heavy atom. The van der Waals surface area contributed by atoms with Crippen LogP contribution in [0, 0.1) is 0 Å². The second-order valence-corrected chi connectivity index (χ2v) is 8.19. The summed E-state index contributed by atoms with van der Waals surface area (Å²) in [6, 6.07) is 0.246. The molecule has 1 saturated heterocycles. The number of nitrogens with zero attached hydrogens (tertiary/aromatic N) is 1. The summed E-state index contributed by atoms with van der Waals surface area (Å²) in [6.45, 7) is 9.76. The molecule has 0 radical (unpaired) electrons. The van der Waals surface area contributed by atoms with Gasteiger partial charge in [-0.1, -0.05) is 13.8 Å². The van der Waals surface area contributed by atoms with E-state index in [1.54, 1.807) is 0 Å². The minimum absolute atomic E-state index is 0.0667. The second-order valence-electron chi connectivity index (χ2n) is 5.93. The van der Waals surface area contributed by atoms with E-state index in [4.69, 9.17) is 0 Å². The highest BCUT2D eigenvalue weighted by Crippen LogP contribution is 2.29. The zero-order valence-corrected chi connectivity index (χ0v) is 13.7. The Bertz CT molecular complexity index is 364. The van der Waals surface area contributed by atoms with E-state index >= 15 is 0 Å². The third-order valence-electron chi connectivity index (χ3n) is 4.52. The van der Waals surface area contributed by atoms with Gasteiger partial charge in [0.1, 0.15) is 9.84 Å². The molecule has 0 aromatic rings. The van der Waals surface area contributed by atoms with Crippen LogP contribution < -0.4 is 5.32 Å². The topological polar surface area (TPSA) is 49.4 Å². The van der Waals surface area contributed by atoms with Gasteiger partial charge in [0.25, 0.3) is 0 Å². The molecular formula is C14H30N2O2S. The zero-order valence-electron chi connectivity index (χ0n) is 12.9. The van der Waals surface area contributed by atoms with Gasteiger partial charge in [0.2, 0.25) is 0 Å². The lowest BCUT2D eigenvalue weighted by molar-refractivity contribution is 0.0834. The van der Waals surface area contributed by atoms with Crippen molar-refractivity contribution in [2.24, 2.45) is 0 Å². The minimum Gasteiger partial charge on any atom is -0.312 e. The third-order valence-corrected chi connectivity index (χ3v) is 5.50. The maximum Gasteiger partial charge on any atom is 0.147 e. The minimum atomic E-state index is -2.89. The SMILES string of the molecule is CCNC(CCS(C)(=O)=O)C(C)(CC)N1CCCC1. The average Bonchev–Trinajstić information content (AvgIpc) is 2.86. The van der Waals surface area contributed by atoms with E-state index in [0.29, 0.717) is 6.42 Å². The highest BCUT2D eigenvalue weighted by molar-refractivity contribution is 7.90. The van der Waals surface area contributed by atoms with Gasteiger partial charge in [-0.25, -0.2) is 8.42 Å². The van der Waals surface area contributed by atoms with Crippen LogP contribution in [0.25, 0.3) is 0 Å². The molecule has 0 saturated carbocycles. The Labute approximate surface area is 118 Å². The van der Waals surface area contributed by atoms with Crippen molar-refractivity contribution in [1.82, 2.24) is 10.2 Å². The number of nitrogens with one attached hydrogen (secondary N) is 1. The van der Waals surface area contributed by atoms with Gasteiger partial charge in [-0.3, -0.25) is 4.90 Å². The molecule has 1 aliphatic heterocycles. The maximum atomic E-state index is 11.4. The fourth-order valence-electron chi connectivity index (χ4n) is 3.13. The normalized spacial score (nSPS) is 22.3. The van der Waals surface area contributed by atoms with Crippen LogP contribution in [0.5, 0.6) is 0 Å². The molecule has 1 fully saturated rings. The predicted molar refractivity (Wildman–Crippen MR) is 81.3 cm³/mol. The zero-order chi connectivity index (χ0) is 14.5. The van der Waals surface area contributed by atoms with Gasteiger partial charge in [-0.05, 0) is 52.2 Å². The van der Waals surface area contributed by atoms with E-state index in [1.165, 1.54) is 19.1 Å². The number of hydrogen-bond donors (Lipinski definition) is 1. The van der Waals surface area contributed by atoms with Crippen molar-refractivity contribution < 1.29 is 8.42 Å². The molecule has 0 aromatic carbocycles. The Morgan fingerprint density at radius 1 is 1.26 bits per heavy atom. The molecule has 1 rings (SSSR count). The summed E-state index contributed by atoms with van der Waals surface area (Å²) in [5.74, 6) is 0.272. The van der Waals surface area contributed by atoms with Gasteiger partial charge in [0.05, 0.1) is 5.75 Å². The largest absolute Gasteiger partial charge is 0.312 e. The standard InChI is InChI=1S/C14H30N2O2S/c1-5-14(3,16-10-7-8-11-16)13(15-6-2)9-12-19(4,17)18/h13,15H,5-12H2,1-4H3. The average molecular weight is 290 g/mol. The first-order chi connectivity index (χ1) is 8.83. The van der Waals surface area contributed by atoms with E-state index in [0.717, 1.165) is 26.1 Å². The molecule has 1 N–H and O–H groups in total. The van der Waals surface area contributed by atoms with E-state index in [1.807, 2.05) is 0 Å². The van der Waals surface area contributed by atoms with Crippen molar-refractivity contribution in [3.63, 3.8) is 0 Å². The van der Waals surface area contributed by atoms with Crippen LogP contribution in [0.3, 0.4) is 0 Å². The molecule has 1 heterocycles. The van der Waals surface area contributed by atoms with Crippen molar-refractivity contribution >= 4 is 9.84 Å². The number of likely N-dealkylation sites (N-methyl/N-ethyl adjacent to an activating group) is 1. The van der Waals surface area contributed by atoms with Crippen molar-refractivity contribution in [3.05, 3.63) is 0 Å². The van der Waals surface area contributed by atoms with Crippen molar-refractivity contribution in [2.75, 3.05) is 31.6 Å². The number of hydrogen-bond acceptors (Lipinski definition) is 4. The van der Waals surface area contributed by atoms with Crippen molar-refractivity contribution in [2.45, 2.75) is 58.0 Å². The summed E-state index contributed by atoms with van der Waals surface area (Å²) in [5.41, 5.74) is 0.0667. The van der Waals surface area contributed by atoms with Crippen LogP contribution in [-0.4, -0.2) is 56.5 Å². The lowest BCUT2D eigenvalue weighted by Gasteiger charge is -2.45. The van der Waals surface area contributed by atoms with Gasteiger partial charge < -0.3 is 5.32 Å². The van der Waals surface area contributed by atoms with Crippen LogP contribution in [-0.2, 0) is 9.84 Å². The summed E-state index contributed by atoms with van der Waals surface area (Å²) in [4.78, 5) is 2.54. The van der Waals surface area contributed by atoms with Crippen LogP contribution in [0.4, 0.5) is 0 Å². The van der Waals surface area contributed by atoms with Gasteiger partial charge in [-0.15, -0.1) is 0 Å². The summed E-state index contributed by atoms with van der Waals surface area (Å²) in [5, 5.41) is 3.52. The van der Waals surface area contributed by atoms with Crippen molar-refractivity contribution in [3.8, 4) is 0 Å². The molecule has 0 aromatic heterocycles. The van der Waals surface area contributed by atoms with Gasteiger partial charge >= 0.3 is 0 Å². The Hall–Kier alpha value is -0.130. The van der Waals surface area contributed by atoms with E-state index in [2.05, 4.69) is 31.0 Å². The summed E-state index contributed by atoms with van der Waals surface area (Å²) in [7, 11) is -2.89. The molecule has 1 aliphatic rings. The molecule has 5 heteroatoms. The van der Waals surface area contributed by atoms with E-state index in [9.17, 15) is 8.42 Å². The Kier molecular flexibility index (Phi) is 6.27. The molecule has 0 aliphatic carbocycles. The van der Waals surface area contributed by atoms with Crippen LogP contribution >= 0.6 is 0 Å². The first kappa shape index (κ1) is 16.9. The summed E-state index contributed by atoms with van der Waals surface area (Å²) in [6.07, 6.45) is 5.61. The predicted octanol–water partition coefficient (Wildman–Crippen LogP) is 1.66. The second kappa shape index (κ2) is 7.04. The van der Waals surface area contributed by atoms with Crippen LogP contribution in [0.15, 0.2) is 0 Å². The summed E-state index contributed by atoms with van der Waals surface area (Å²) < 4.78 is 22.9. The van der Waals surface area contributed by atoms with Gasteiger partial charge in [0.15, 0.2) is 0 Å². The fourth-order valence-corrected chi connectivity index (χ4v) is 3.79. The number of likely N-dealkylation sites (tertiary alicyclic amines) is 1. The maximum absolute atomic E-state index is 11.4. The molecule has 2 unspecified atom stereocenters. The molecule has 114 valence electrons. The molecule has 0 amide bonds.